The molecule has 14 heteroatoms. The molecule has 4 aromatic rings. The summed E-state index contributed by atoms with van der Waals surface area (Å²) in [5.74, 6) is -5.11. The minimum absolute atomic E-state index is 0.214. The fraction of sp³-hybridized carbons (Fsp3) is 0.136. The molecule has 0 radical (unpaired) electrons. The Morgan fingerprint density at radius 3 is 2.14 bits per heavy atom. The maximum atomic E-state index is 13.8. The first-order valence-electron chi connectivity index (χ1n) is 9.80. The number of hydrogen-bond donors (Lipinski definition) is 1. The van der Waals surface area contributed by atoms with Gasteiger partial charge in [0.05, 0.1) is 23.3 Å². The van der Waals surface area contributed by atoms with Crippen molar-refractivity contribution < 1.29 is 44.3 Å². The molecular weight excluding hydrogens is 507 g/mol. The number of hydrogen-bond acceptors (Lipinski definition) is 3. The first-order valence-corrected chi connectivity index (χ1v) is 9.80. The molecule has 5 nitrogen and oxygen atoms in total. The first kappa shape index (κ1) is 25.0. The summed E-state index contributed by atoms with van der Waals surface area (Å²) in [6, 6.07) is 5.68. The SMILES string of the molecule is O=C(Nc1cn(Cc2ccc(F)cc2)nc1C(F)(F)F)c1cc(C(F)(F)F)nc2cc(F)c(F)cc12. The van der Waals surface area contributed by atoms with E-state index in [-0.39, 0.29) is 12.6 Å². The third kappa shape index (κ3) is 5.11. The Bertz CT molecular complexity index is 1460. The highest BCUT2D eigenvalue weighted by Crippen LogP contribution is 2.35. The van der Waals surface area contributed by atoms with E-state index in [1.807, 2.05) is 5.32 Å². The third-order valence-electron chi connectivity index (χ3n) is 4.92. The quantitative estimate of drug-likeness (QED) is 0.328. The molecule has 0 spiro atoms. The maximum Gasteiger partial charge on any atom is 0.437 e. The number of rotatable bonds is 4. The van der Waals surface area contributed by atoms with Crippen molar-refractivity contribution in [2.75, 3.05) is 5.32 Å². The molecule has 1 amide bonds. The lowest BCUT2D eigenvalue weighted by Gasteiger charge is -2.13. The van der Waals surface area contributed by atoms with Gasteiger partial charge in [0, 0.05) is 17.6 Å². The summed E-state index contributed by atoms with van der Waals surface area (Å²) in [6.45, 7) is -0.264. The average molecular weight is 518 g/mol. The highest BCUT2D eigenvalue weighted by atomic mass is 19.4. The molecule has 0 fully saturated rings. The molecule has 0 aliphatic heterocycles. The van der Waals surface area contributed by atoms with Crippen LogP contribution in [0.5, 0.6) is 0 Å². The van der Waals surface area contributed by atoms with Gasteiger partial charge in [-0.2, -0.15) is 31.4 Å². The normalized spacial score (nSPS) is 12.2. The second-order valence-corrected chi connectivity index (χ2v) is 7.50. The monoisotopic (exact) mass is 518 g/mol. The number of fused-ring (bicyclic) bond motifs is 1. The predicted octanol–water partition coefficient (Wildman–Crippen LogP) is 6.19. The number of carbonyl (C=O) groups is 1. The van der Waals surface area contributed by atoms with Crippen molar-refractivity contribution in [3.63, 3.8) is 0 Å². The van der Waals surface area contributed by atoms with E-state index < -0.39 is 69.3 Å². The van der Waals surface area contributed by atoms with Gasteiger partial charge in [0.15, 0.2) is 17.3 Å². The van der Waals surface area contributed by atoms with Gasteiger partial charge < -0.3 is 5.32 Å². The number of nitrogens with one attached hydrogen (secondary N) is 1. The van der Waals surface area contributed by atoms with Crippen molar-refractivity contribution in [2.24, 2.45) is 0 Å². The zero-order chi connectivity index (χ0) is 26.4. The van der Waals surface area contributed by atoms with Gasteiger partial charge in [0.2, 0.25) is 0 Å². The van der Waals surface area contributed by atoms with Crippen molar-refractivity contribution in [1.29, 1.82) is 0 Å². The highest BCUT2D eigenvalue weighted by Gasteiger charge is 2.39. The predicted molar refractivity (Wildman–Crippen MR) is 107 cm³/mol. The number of pyridine rings is 1. The van der Waals surface area contributed by atoms with Crippen LogP contribution < -0.4 is 5.32 Å². The summed E-state index contributed by atoms with van der Waals surface area (Å²) in [5, 5.41) is 4.65. The van der Waals surface area contributed by atoms with Crippen LogP contribution in [-0.2, 0) is 18.9 Å². The number of amides is 1. The molecule has 0 saturated carbocycles. The Kier molecular flexibility index (Phi) is 6.14. The second kappa shape index (κ2) is 8.84. The minimum Gasteiger partial charge on any atom is -0.319 e. The summed E-state index contributed by atoms with van der Waals surface area (Å²) in [6.07, 6.45) is -9.41. The van der Waals surface area contributed by atoms with Crippen LogP contribution in [0.1, 0.15) is 27.3 Å². The molecular formula is C22H11F9N4O. The van der Waals surface area contributed by atoms with Crippen molar-refractivity contribution in [1.82, 2.24) is 14.8 Å². The van der Waals surface area contributed by atoms with Gasteiger partial charge in [0.1, 0.15) is 11.5 Å². The zero-order valence-electron chi connectivity index (χ0n) is 17.5. The van der Waals surface area contributed by atoms with Crippen LogP contribution in [0.15, 0.2) is 48.7 Å². The van der Waals surface area contributed by atoms with E-state index in [9.17, 15) is 44.3 Å². The van der Waals surface area contributed by atoms with Gasteiger partial charge in [-0.1, -0.05) is 12.1 Å². The lowest BCUT2D eigenvalue weighted by Crippen LogP contribution is -2.18. The van der Waals surface area contributed by atoms with Gasteiger partial charge in [0.25, 0.3) is 5.91 Å². The van der Waals surface area contributed by atoms with Gasteiger partial charge in [-0.25, -0.2) is 18.2 Å². The Balaban J connectivity index is 1.76. The standard InChI is InChI=1S/C22H11F9N4O/c23-11-3-1-10(2-4-11)8-35-9-17(19(34-35)22(29,30)31)33-20(36)13-6-18(21(26,27)28)32-16-7-15(25)14(24)5-12(13)16/h1-7,9H,8H2,(H,33,36). The number of carbonyl (C=O) groups excluding carboxylic acids is 1. The minimum atomic E-state index is -5.11. The summed E-state index contributed by atoms with van der Waals surface area (Å²) >= 11 is 0. The Hall–Kier alpha value is -4.10. The number of nitrogens with zero attached hydrogens (tertiary/aromatic N) is 3. The molecule has 36 heavy (non-hydrogen) atoms. The summed E-state index contributed by atoms with van der Waals surface area (Å²) in [4.78, 5) is 16.0. The molecule has 1 N–H and O–H groups in total. The van der Waals surface area contributed by atoms with Gasteiger partial charge >= 0.3 is 12.4 Å². The molecule has 4 rings (SSSR count). The fourth-order valence-corrected chi connectivity index (χ4v) is 3.32. The van der Waals surface area contributed by atoms with Gasteiger partial charge in [-0.15, -0.1) is 0 Å². The number of alkyl halides is 6. The number of aromatic nitrogens is 3. The van der Waals surface area contributed by atoms with Crippen LogP contribution in [-0.4, -0.2) is 20.7 Å². The van der Waals surface area contributed by atoms with Gasteiger partial charge in [-0.3, -0.25) is 9.48 Å². The number of anilines is 1. The van der Waals surface area contributed by atoms with E-state index in [2.05, 4.69) is 10.1 Å². The third-order valence-corrected chi connectivity index (χ3v) is 4.92. The van der Waals surface area contributed by atoms with Crippen LogP contribution in [0.25, 0.3) is 10.9 Å². The summed E-state index contributed by atoms with van der Waals surface area (Å²) in [7, 11) is 0. The van der Waals surface area contributed by atoms with Crippen molar-refractivity contribution in [3.8, 4) is 0 Å². The van der Waals surface area contributed by atoms with E-state index in [0.29, 0.717) is 17.7 Å². The molecule has 0 bridgehead atoms. The molecule has 0 saturated heterocycles. The molecule has 188 valence electrons. The molecule has 0 unspecified atom stereocenters. The number of halogens is 9. The highest BCUT2D eigenvalue weighted by molar-refractivity contribution is 6.12. The Morgan fingerprint density at radius 2 is 1.53 bits per heavy atom. The second-order valence-electron chi connectivity index (χ2n) is 7.50. The molecule has 2 aromatic heterocycles. The van der Waals surface area contributed by atoms with Crippen LogP contribution in [0.4, 0.5) is 45.2 Å². The smallest absolute Gasteiger partial charge is 0.319 e. The Labute approximate surface area is 195 Å². The topological polar surface area (TPSA) is 59.8 Å². The lowest BCUT2D eigenvalue weighted by molar-refractivity contribution is -0.141. The van der Waals surface area contributed by atoms with Crippen LogP contribution in [0.2, 0.25) is 0 Å². The van der Waals surface area contributed by atoms with Gasteiger partial charge in [-0.05, 0) is 29.8 Å². The maximum absolute atomic E-state index is 13.8. The zero-order valence-corrected chi connectivity index (χ0v) is 17.5. The Morgan fingerprint density at radius 1 is 0.889 bits per heavy atom. The lowest BCUT2D eigenvalue weighted by atomic mass is 10.1. The number of benzene rings is 2. The van der Waals surface area contributed by atoms with E-state index in [4.69, 9.17) is 0 Å². The van der Waals surface area contributed by atoms with E-state index in [1.54, 1.807) is 0 Å². The van der Waals surface area contributed by atoms with Crippen molar-refractivity contribution >= 4 is 22.5 Å². The van der Waals surface area contributed by atoms with E-state index in [1.165, 1.54) is 12.1 Å². The molecule has 0 aliphatic carbocycles. The summed E-state index contributed by atoms with van der Waals surface area (Å²) < 4.78 is 122. The van der Waals surface area contributed by atoms with E-state index >= 15 is 0 Å². The van der Waals surface area contributed by atoms with Crippen LogP contribution in [0, 0.1) is 17.5 Å². The summed E-state index contributed by atoms with van der Waals surface area (Å²) in [5.41, 5.74) is -5.39. The van der Waals surface area contributed by atoms with Crippen LogP contribution in [0.3, 0.4) is 0 Å². The van der Waals surface area contributed by atoms with Crippen LogP contribution >= 0.6 is 0 Å². The fourth-order valence-electron chi connectivity index (χ4n) is 3.32. The largest absolute Gasteiger partial charge is 0.437 e. The molecule has 2 heterocycles. The first-order chi connectivity index (χ1) is 16.7. The van der Waals surface area contributed by atoms with Crippen molar-refractivity contribution in [3.05, 3.63) is 88.6 Å². The van der Waals surface area contributed by atoms with E-state index in [0.717, 1.165) is 23.0 Å². The average Bonchev–Trinajstić information content (AvgIpc) is 3.17. The van der Waals surface area contributed by atoms with Crippen molar-refractivity contribution in [2.45, 2.75) is 18.9 Å². The molecule has 0 atom stereocenters. The molecule has 2 aromatic carbocycles. The molecule has 0 aliphatic rings.